The van der Waals surface area contributed by atoms with E-state index in [9.17, 15) is 0 Å². The molecule has 244 valence electrons. The van der Waals surface area contributed by atoms with E-state index in [2.05, 4.69) is 215 Å². The molecule has 10 rings (SSSR count). The van der Waals surface area contributed by atoms with Crippen molar-refractivity contribution in [2.24, 2.45) is 0 Å². The minimum Gasteiger partial charge on any atom is -0.309 e. The van der Waals surface area contributed by atoms with E-state index in [4.69, 9.17) is 0 Å². The Morgan fingerprint density at radius 2 is 0.654 bits per heavy atom. The highest BCUT2D eigenvalue weighted by Gasteiger charge is 2.22. The quantitative estimate of drug-likeness (QED) is 0.168. The lowest BCUT2D eigenvalue weighted by Crippen LogP contribution is -1.97. The summed E-state index contributed by atoms with van der Waals surface area (Å²) in [5.41, 5.74) is 15.5. The number of para-hydroxylation sites is 2. The minimum atomic E-state index is 1.13. The third-order valence-corrected chi connectivity index (χ3v) is 10.3. The SMILES string of the molecule is c1ccc(-c2ccc(-n3c(-c4ccccc4)c(-c4ccccc4)c4cc(-c5ccc(-n6c7ccccc7c7ccccc76)cc5)ccc43)cc2)cc1. The third kappa shape index (κ3) is 4.96. The summed E-state index contributed by atoms with van der Waals surface area (Å²) in [7, 11) is 0. The normalized spacial score (nSPS) is 11.5. The molecule has 0 atom stereocenters. The Bertz CT molecular complexity index is 2790. The van der Waals surface area contributed by atoms with Crippen LogP contribution in [0.3, 0.4) is 0 Å². The second-order valence-corrected chi connectivity index (χ2v) is 13.4. The van der Waals surface area contributed by atoms with Crippen LogP contribution in [-0.4, -0.2) is 9.13 Å². The van der Waals surface area contributed by atoms with Gasteiger partial charge in [-0.3, -0.25) is 0 Å². The van der Waals surface area contributed by atoms with Crippen LogP contribution in [0.4, 0.5) is 0 Å². The second kappa shape index (κ2) is 12.5. The van der Waals surface area contributed by atoms with E-state index in [0.717, 1.165) is 11.4 Å². The number of fused-ring (bicyclic) bond motifs is 4. The highest BCUT2D eigenvalue weighted by atomic mass is 15.0. The number of aromatic nitrogens is 2. The molecule has 0 aliphatic rings. The van der Waals surface area contributed by atoms with E-state index >= 15 is 0 Å². The molecule has 52 heavy (non-hydrogen) atoms. The molecule has 0 spiro atoms. The zero-order valence-corrected chi connectivity index (χ0v) is 28.5. The Hall–Kier alpha value is -6.90. The maximum atomic E-state index is 2.44. The largest absolute Gasteiger partial charge is 0.309 e. The molecule has 10 aromatic rings. The Morgan fingerprint density at radius 1 is 0.250 bits per heavy atom. The lowest BCUT2D eigenvalue weighted by molar-refractivity contribution is 1.14. The smallest absolute Gasteiger partial charge is 0.0619 e. The lowest BCUT2D eigenvalue weighted by atomic mass is 9.96. The number of benzene rings is 8. The van der Waals surface area contributed by atoms with Gasteiger partial charge in [-0.1, -0.05) is 158 Å². The van der Waals surface area contributed by atoms with Gasteiger partial charge in [-0.15, -0.1) is 0 Å². The van der Waals surface area contributed by atoms with Crippen LogP contribution in [-0.2, 0) is 0 Å². The predicted octanol–water partition coefficient (Wildman–Crippen LogP) is 13.4. The van der Waals surface area contributed by atoms with E-state index in [1.54, 1.807) is 0 Å². The first-order chi connectivity index (χ1) is 25.8. The van der Waals surface area contributed by atoms with Crippen molar-refractivity contribution < 1.29 is 0 Å². The van der Waals surface area contributed by atoms with E-state index in [1.165, 1.54) is 77.3 Å². The average molecular weight is 663 g/mol. The molecule has 0 N–H and O–H groups in total. The Balaban J connectivity index is 1.15. The monoisotopic (exact) mass is 662 g/mol. The van der Waals surface area contributed by atoms with Gasteiger partial charge in [0.05, 0.1) is 22.2 Å². The molecule has 2 heteroatoms. The molecule has 0 amide bonds. The fourth-order valence-corrected chi connectivity index (χ4v) is 7.94. The van der Waals surface area contributed by atoms with Gasteiger partial charge in [0, 0.05) is 33.1 Å². The van der Waals surface area contributed by atoms with Crippen molar-refractivity contribution in [2.45, 2.75) is 0 Å². The van der Waals surface area contributed by atoms with Crippen molar-refractivity contribution in [3.63, 3.8) is 0 Å². The average Bonchev–Trinajstić information content (AvgIpc) is 3.75. The molecular weight excluding hydrogens is 629 g/mol. The van der Waals surface area contributed by atoms with Crippen molar-refractivity contribution in [3.05, 3.63) is 206 Å². The van der Waals surface area contributed by atoms with Gasteiger partial charge in [-0.2, -0.15) is 0 Å². The van der Waals surface area contributed by atoms with Crippen molar-refractivity contribution >= 4 is 32.7 Å². The van der Waals surface area contributed by atoms with Crippen LogP contribution >= 0.6 is 0 Å². The van der Waals surface area contributed by atoms with Crippen molar-refractivity contribution in [1.82, 2.24) is 9.13 Å². The maximum Gasteiger partial charge on any atom is 0.0619 e. The Labute approximate surface area is 303 Å². The molecule has 0 saturated heterocycles. The van der Waals surface area contributed by atoms with E-state index < -0.39 is 0 Å². The van der Waals surface area contributed by atoms with E-state index in [0.29, 0.717) is 0 Å². The molecule has 0 saturated carbocycles. The van der Waals surface area contributed by atoms with Crippen LogP contribution in [0.25, 0.3) is 88.7 Å². The second-order valence-electron chi connectivity index (χ2n) is 13.4. The van der Waals surface area contributed by atoms with Gasteiger partial charge in [0.2, 0.25) is 0 Å². The van der Waals surface area contributed by atoms with Crippen molar-refractivity contribution in [2.75, 3.05) is 0 Å². The standard InChI is InChI=1S/C50H34N2/c1-4-14-35(15-5-1)36-24-31-42(32-25-36)52-48-33-28-40(34-45(48)49(38-16-6-2-7-17-38)50(52)39-18-8-3-9-19-39)37-26-29-41(30-27-37)51-46-22-12-10-20-43(46)44-21-11-13-23-47(44)51/h1-34H. The lowest BCUT2D eigenvalue weighted by Gasteiger charge is -2.14. The first-order valence-corrected chi connectivity index (χ1v) is 17.9. The molecule has 2 nitrogen and oxygen atoms in total. The Morgan fingerprint density at radius 3 is 1.23 bits per heavy atom. The van der Waals surface area contributed by atoms with Gasteiger partial charge in [0.25, 0.3) is 0 Å². The molecule has 0 bridgehead atoms. The summed E-state index contributed by atoms with van der Waals surface area (Å²) in [6, 6.07) is 74.6. The topological polar surface area (TPSA) is 9.86 Å². The number of nitrogens with zero attached hydrogens (tertiary/aromatic N) is 2. The number of rotatable bonds is 6. The molecular formula is C50H34N2. The Kier molecular flexibility index (Phi) is 7.18. The van der Waals surface area contributed by atoms with Gasteiger partial charge in [-0.05, 0) is 81.9 Å². The first-order valence-electron chi connectivity index (χ1n) is 17.9. The summed E-state index contributed by atoms with van der Waals surface area (Å²) in [4.78, 5) is 0. The van der Waals surface area contributed by atoms with E-state index in [1.807, 2.05) is 0 Å². The molecule has 0 fully saturated rings. The minimum absolute atomic E-state index is 1.13. The zero-order chi connectivity index (χ0) is 34.4. The molecule has 0 radical (unpaired) electrons. The number of hydrogen-bond donors (Lipinski definition) is 0. The van der Waals surface area contributed by atoms with Crippen LogP contribution in [0.15, 0.2) is 206 Å². The summed E-state index contributed by atoms with van der Waals surface area (Å²) in [5.74, 6) is 0. The van der Waals surface area contributed by atoms with Crippen LogP contribution in [0.2, 0.25) is 0 Å². The molecule has 2 aromatic heterocycles. The summed E-state index contributed by atoms with van der Waals surface area (Å²) >= 11 is 0. The van der Waals surface area contributed by atoms with Gasteiger partial charge in [0.1, 0.15) is 0 Å². The predicted molar refractivity (Wildman–Crippen MR) is 219 cm³/mol. The summed E-state index contributed by atoms with van der Waals surface area (Å²) in [5, 5.41) is 3.77. The highest BCUT2D eigenvalue weighted by molar-refractivity contribution is 6.09. The maximum absolute atomic E-state index is 2.44. The van der Waals surface area contributed by atoms with Crippen LogP contribution in [0.1, 0.15) is 0 Å². The molecule has 2 heterocycles. The van der Waals surface area contributed by atoms with Crippen molar-refractivity contribution in [3.8, 4) is 56.0 Å². The van der Waals surface area contributed by atoms with Crippen LogP contribution in [0, 0.1) is 0 Å². The zero-order valence-electron chi connectivity index (χ0n) is 28.5. The van der Waals surface area contributed by atoms with E-state index in [-0.39, 0.29) is 0 Å². The third-order valence-electron chi connectivity index (χ3n) is 10.3. The molecule has 0 aliphatic carbocycles. The van der Waals surface area contributed by atoms with Gasteiger partial charge >= 0.3 is 0 Å². The summed E-state index contributed by atoms with van der Waals surface area (Å²) in [6.45, 7) is 0. The molecule has 8 aromatic carbocycles. The van der Waals surface area contributed by atoms with Crippen LogP contribution in [0.5, 0.6) is 0 Å². The van der Waals surface area contributed by atoms with Crippen molar-refractivity contribution in [1.29, 1.82) is 0 Å². The van der Waals surface area contributed by atoms with Crippen LogP contribution < -0.4 is 0 Å². The fourth-order valence-electron chi connectivity index (χ4n) is 7.94. The fraction of sp³-hybridized carbons (Fsp3) is 0. The first kappa shape index (κ1) is 30.0. The molecule has 0 unspecified atom stereocenters. The summed E-state index contributed by atoms with van der Waals surface area (Å²) in [6.07, 6.45) is 0. The summed E-state index contributed by atoms with van der Waals surface area (Å²) < 4.78 is 4.82. The van der Waals surface area contributed by atoms with Gasteiger partial charge in [0.15, 0.2) is 0 Å². The highest BCUT2D eigenvalue weighted by Crippen LogP contribution is 2.44. The van der Waals surface area contributed by atoms with Gasteiger partial charge < -0.3 is 9.13 Å². The molecule has 0 aliphatic heterocycles. The number of hydrogen-bond acceptors (Lipinski definition) is 0. The van der Waals surface area contributed by atoms with Gasteiger partial charge in [-0.25, -0.2) is 0 Å².